The Kier molecular flexibility index (Phi) is 3.72. The summed E-state index contributed by atoms with van der Waals surface area (Å²) in [5.74, 6) is 0.743. The van der Waals surface area contributed by atoms with Gasteiger partial charge in [0.15, 0.2) is 0 Å². The van der Waals surface area contributed by atoms with Gasteiger partial charge in [-0.1, -0.05) is 12.1 Å². The van der Waals surface area contributed by atoms with Gasteiger partial charge in [0.25, 0.3) is 0 Å². The first kappa shape index (κ1) is 12.0. The number of aliphatic hydroxyl groups is 1. The lowest BCUT2D eigenvalue weighted by molar-refractivity contribution is 0.0284. The zero-order chi connectivity index (χ0) is 11.5. The van der Waals surface area contributed by atoms with Crippen molar-refractivity contribution in [2.75, 3.05) is 6.61 Å². The summed E-state index contributed by atoms with van der Waals surface area (Å²) in [6.45, 7) is 5.62. The van der Waals surface area contributed by atoms with Crippen LogP contribution < -0.4 is 10.5 Å². The highest BCUT2D eigenvalue weighted by atomic mass is 16.5. The van der Waals surface area contributed by atoms with E-state index < -0.39 is 5.60 Å². The lowest BCUT2D eigenvalue weighted by Crippen LogP contribution is -2.27. The molecule has 0 spiro atoms. The zero-order valence-electron chi connectivity index (χ0n) is 9.53. The van der Waals surface area contributed by atoms with E-state index in [2.05, 4.69) is 0 Å². The van der Waals surface area contributed by atoms with Crippen LogP contribution in [0.2, 0.25) is 0 Å². The quantitative estimate of drug-likeness (QED) is 0.795. The second-order valence-electron chi connectivity index (χ2n) is 4.46. The Morgan fingerprint density at radius 1 is 1.47 bits per heavy atom. The lowest BCUT2D eigenvalue weighted by Gasteiger charge is -2.18. The maximum Gasteiger partial charge on any atom is 0.119 e. The van der Waals surface area contributed by atoms with E-state index in [1.165, 1.54) is 0 Å². The fourth-order valence-electron chi connectivity index (χ4n) is 1.15. The first-order chi connectivity index (χ1) is 6.88. The van der Waals surface area contributed by atoms with E-state index in [9.17, 15) is 5.11 Å². The molecule has 1 aromatic carbocycles. The molecule has 3 heteroatoms. The highest BCUT2D eigenvalue weighted by Gasteiger charge is 2.13. The third-order valence-corrected chi connectivity index (χ3v) is 1.98. The molecule has 0 radical (unpaired) electrons. The van der Waals surface area contributed by atoms with Gasteiger partial charge in [-0.3, -0.25) is 0 Å². The molecule has 84 valence electrons. The van der Waals surface area contributed by atoms with Crippen LogP contribution in [0.15, 0.2) is 24.3 Å². The second-order valence-corrected chi connectivity index (χ2v) is 4.46. The van der Waals surface area contributed by atoms with Crippen molar-refractivity contribution in [3.8, 4) is 5.75 Å². The van der Waals surface area contributed by atoms with Gasteiger partial charge in [-0.05, 0) is 38.5 Å². The maximum absolute atomic E-state index is 9.51. The molecule has 1 atom stereocenters. The summed E-state index contributed by atoms with van der Waals surface area (Å²) in [5, 5.41) is 9.51. The van der Waals surface area contributed by atoms with E-state index in [4.69, 9.17) is 10.5 Å². The number of hydrogen-bond acceptors (Lipinski definition) is 3. The topological polar surface area (TPSA) is 55.5 Å². The third kappa shape index (κ3) is 4.32. The second kappa shape index (κ2) is 4.64. The molecule has 0 aliphatic heterocycles. The minimum atomic E-state index is -0.815. The normalized spacial score (nSPS) is 13.7. The van der Waals surface area contributed by atoms with Gasteiger partial charge in [-0.25, -0.2) is 0 Å². The SMILES string of the molecule is CC(N)c1cccc(OCC(C)(C)O)c1. The fraction of sp³-hybridized carbons (Fsp3) is 0.500. The van der Waals surface area contributed by atoms with Gasteiger partial charge in [0.05, 0.1) is 5.60 Å². The molecule has 3 nitrogen and oxygen atoms in total. The van der Waals surface area contributed by atoms with Crippen LogP contribution in [0.5, 0.6) is 5.75 Å². The van der Waals surface area contributed by atoms with Crippen molar-refractivity contribution in [3.63, 3.8) is 0 Å². The Hall–Kier alpha value is -1.06. The molecule has 0 aliphatic rings. The smallest absolute Gasteiger partial charge is 0.119 e. The van der Waals surface area contributed by atoms with E-state index in [0.29, 0.717) is 0 Å². The average molecular weight is 209 g/mol. The number of hydrogen-bond donors (Lipinski definition) is 2. The number of rotatable bonds is 4. The van der Waals surface area contributed by atoms with Crippen molar-refractivity contribution in [2.24, 2.45) is 5.73 Å². The molecule has 0 bridgehead atoms. The Balaban J connectivity index is 2.66. The molecule has 0 heterocycles. The van der Waals surface area contributed by atoms with Crippen molar-refractivity contribution < 1.29 is 9.84 Å². The standard InChI is InChI=1S/C12H19NO2/c1-9(13)10-5-4-6-11(7-10)15-8-12(2,3)14/h4-7,9,14H,8,13H2,1-3H3. The highest BCUT2D eigenvalue weighted by Crippen LogP contribution is 2.18. The summed E-state index contributed by atoms with van der Waals surface area (Å²) >= 11 is 0. The molecule has 1 unspecified atom stereocenters. The van der Waals surface area contributed by atoms with Crippen LogP contribution in [0.4, 0.5) is 0 Å². The van der Waals surface area contributed by atoms with Crippen molar-refractivity contribution in [1.29, 1.82) is 0 Å². The maximum atomic E-state index is 9.51. The summed E-state index contributed by atoms with van der Waals surface area (Å²) in [6, 6.07) is 7.62. The van der Waals surface area contributed by atoms with Gasteiger partial charge in [0.1, 0.15) is 12.4 Å². The summed E-state index contributed by atoms with van der Waals surface area (Å²) in [5.41, 5.74) is 5.98. The summed E-state index contributed by atoms with van der Waals surface area (Å²) in [7, 11) is 0. The van der Waals surface area contributed by atoms with Gasteiger partial charge in [-0.2, -0.15) is 0 Å². The highest BCUT2D eigenvalue weighted by molar-refractivity contribution is 5.30. The Morgan fingerprint density at radius 2 is 2.13 bits per heavy atom. The molecular formula is C12H19NO2. The van der Waals surface area contributed by atoms with Gasteiger partial charge in [-0.15, -0.1) is 0 Å². The molecule has 3 N–H and O–H groups in total. The molecule has 0 fully saturated rings. The lowest BCUT2D eigenvalue weighted by atomic mass is 10.1. The molecule has 15 heavy (non-hydrogen) atoms. The van der Waals surface area contributed by atoms with Crippen LogP contribution in [0.3, 0.4) is 0 Å². The molecule has 0 aromatic heterocycles. The molecule has 1 aromatic rings. The first-order valence-corrected chi connectivity index (χ1v) is 5.09. The van der Waals surface area contributed by atoms with E-state index in [1.807, 2.05) is 31.2 Å². The minimum Gasteiger partial charge on any atom is -0.491 e. The van der Waals surface area contributed by atoms with Gasteiger partial charge in [0.2, 0.25) is 0 Å². The van der Waals surface area contributed by atoms with Gasteiger partial charge in [0, 0.05) is 6.04 Å². The zero-order valence-corrected chi connectivity index (χ0v) is 9.53. The molecule has 0 saturated heterocycles. The molecule has 0 aliphatic carbocycles. The number of nitrogens with two attached hydrogens (primary N) is 1. The summed E-state index contributed by atoms with van der Waals surface area (Å²) in [6.07, 6.45) is 0. The monoisotopic (exact) mass is 209 g/mol. The molecule has 1 rings (SSSR count). The van der Waals surface area contributed by atoms with E-state index in [0.717, 1.165) is 11.3 Å². The van der Waals surface area contributed by atoms with E-state index in [1.54, 1.807) is 13.8 Å². The van der Waals surface area contributed by atoms with Crippen LogP contribution in [-0.4, -0.2) is 17.3 Å². The van der Waals surface area contributed by atoms with Crippen LogP contribution in [0.1, 0.15) is 32.4 Å². The van der Waals surface area contributed by atoms with Gasteiger partial charge < -0.3 is 15.6 Å². The third-order valence-electron chi connectivity index (χ3n) is 1.98. The number of ether oxygens (including phenoxy) is 1. The first-order valence-electron chi connectivity index (χ1n) is 5.09. The van der Waals surface area contributed by atoms with Crippen LogP contribution >= 0.6 is 0 Å². The Labute approximate surface area is 90.9 Å². The Morgan fingerprint density at radius 3 is 2.67 bits per heavy atom. The van der Waals surface area contributed by atoms with Gasteiger partial charge >= 0.3 is 0 Å². The minimum absolute atomic E-state index is 0.00399. The molecule has 0 saturated carbocycles. The molecular weight excluding hydrogens is 190 g/mol. The summed E-state index contributed by atoms with van der Waals surface area (Å²) < 4.78 is 5.46. The van der Waals surface area contributed by atoms with Crippen molar-refractivity contribution in [2.45, 2.75) is 32.4 Å². The molecule has 0 amide bonds. The van der Waals surface area contributed by atoms with Crippen LogP contribution in [-0.2, 0) is 0 Å². The van der Waals surface area contributed by atoms with Crippen LogP contribution in [0, 0.1) is 0 Å². The number of benzene rings is 1. The largest absolute Gasteiger partial charge is 0.491 e. The predicted molar refractivity (Wildman–Crippen MR) is 60.8 cm³/mol. The van der Waals surface area contributed by atoms with E-state index in [-0.39, 0.29) is 12.6 Å². The van der Waals surface area contributed by atoms with Crippen molar-refractivity contribution >= 4 is 0 Å². The van der Waals surface area contributed by atoms with Crippen LogP contribution in [0.25, 0.3) is 0 Å². The Bertz CT molecular complexity index is 316. The predicted octanol–water partition coefficient (Wildman–Crippen LogP) is 1.86. The van der Waals surface area contributed by atoms with Crippen molar-refractivity contribution in [3.05, 3.63) is 29.8 Å². The summed E-state index contributed by atoms with van der Waals surface area (Å²) in [4.78, 5) is 0. The fourth-order valence-corrected chi connectivity index (χ4v) is 1.15. The van der Waals surface area contributed by atoms with Crippen molar-refractivity contribution in [1.82, 2.24) is 0 Å². The van der Waals surface area contributed by atoms with E-state index >= 15 is 0 Å². The average Bonchev–Trinajstić information content (AvgIpc) is 2.14.